The summed E-state index contributed by atoms with van der Waals surface area (Å²) in [5.41, 5.74) is 6.45. The standard InChI is InChI=1S/C6H6N4O/c7-5-4-3(1-2-8-5)9-6(11)10-4/h1-2H,(H2,7,8)(H2,9,10,11). The minimum Gasteiger partial charge on any atom is -0.382 e. The molecule has 56 valence electrons. The van der Waals surface area contributed by atoms with Crippen LogP contribution in [0, 0.1) is 0 Å². The quantitative estimate of drug-likeness (QED) is 0.487. The van der Waals surface area contributed by atoms with Crippen LogP contribution in [0.25, 0.3) is 11.0 Å². The van der Waals surface area contributed by atoms with Gasteiger partial charge in [0, 0.05) is 6.20 Å². The van der Waals surface area contributed by atoms with Crippen LogP contribution in [-0.2, 0) is 0 Å². The van der Waals surface area contributed by atoms with E-state index in [4.69, 9.17) is 5.73 Å². The molecule has 0 aliphatic carbocycles. The lowest BCUT2D eigenvalue weighted by molar-refractivity contribution is 1.21. The van der Waals surface area contributed by atoms with Crippen molar-refractivity contribution in [1.29, 1.82) is 0 Å². The Morgan fingerprint density at radius 1 is 1.45 bits per heavy atom. The number of hydrogen-bond acceptors (Lipinski definition) is 3. The van der Waals surface area contributed by atoms with Crippen LogP contribution in [0.5, 0.6) is 0 Å². The summed E-state index contributed by atoms with van der Waals surface area (Å²) in [7, 11) is 0. The van der Waals surface area contributed by atoms with E-state index < -0.39 is 0 Å². The number of rotatable bonds is 0. The molecule has 0 radical (unpaired) electrons. The molecular formula is C6H6N4O. The largest absolute Gasteiger partial charge is 0.382 e. The molecular weight excluding hydrogens is 144 g/mol. The lowest BCUT2D eigenvalue weighted by atomic mass is 10.4. The van der Waals surface area contributed by atoms with E-state index in [9.17, 15) is 4.79 Å². The highest BCUT2D eigenvalue weighted by molar-refractivity contribution is 5.83. The zero-order chi connectivity index (χ0) is 7.84. The summed E-state index contributed by atoms with van der Waals surface area (Å²) >= 11 is 0. The van der Waals surface area contributed by atoms with Crippen LogP contribution in [-0.4, -0.2) is 15.0 Å². The number of pyridine rings is 1. The van der Waals surface area contributed by atoms with E-state index in [2.05, 4.69) is 15.0 Å². The summed E-state index contributed by atoms with van der Waals surface area (Å²) in [6.45, 7) is 0. The average molecular weight is 150 g/mol. The Bertz CT molecular complexity index is 441. The van der Waals surface area contributed by atoms with Gasteiger partial charge in [0.25, 0.3) is 0 Å². The normalized spacial score (nSPS) is 10.5. The average Bonchev–Trinajstić information content (AvgIpc) is 2.31. The first-order valence-corrected chi connectivity index (χ1v) is 3.10. The van der Waals surface area contributed by atoms with Gasteiger partial charge in [-0.05, 0) is 6.07 Å². The fraction of sp³-hybridized carbons (Fsp3) is 0. The predicted molar refractivity (Wildman–Crippen MR) is 41.1 cm³/mol. The van der Waals surface area contributed by atoms with Gasteiger partial charge < -0.3 is 15.7 Å². The van der Waals surface area contributed by atoms with Crippen molar-refractivity contribution in [2.45, 2.75) is 0 Å². The van der Waals surface area contributed by atoms with Crippen molar-refractivity contribution in [3.63, 3.8) is 0 Å². The van der Waals surface area contributed by atoms with E-state index in [-0.39, 0.29) is 5.69 Å². The Hall–Kier alpha value is -1.78. The first kappa shape index (κ1) is 5.96. The van der Waals surface area contributed by atoms with Gasteiger partial charge in [0.2, 0.25) is 0 Å². The summed E-state index contributed by atoms with van der Waals surface area (Å²) in [6.07, 6.45) is 1.54. The van der Waals surface area contributed by atoms with Crippen molar-refractivity contribution < 1.29 is 0 Å². The number of H-pyrrole nitrogens is 2. The van der Waals surface area contributed by atoms with Crippen molar-refractivity contribution >= 4 is 16.9 Å². The minimum atomic E-state index is -0.264. The van der Waals surface area contributed by atoms with E-state index >= 15 is 0 Å². The Morgan fingerprint density at radius 3 is 3.00 bits per heavy atom. The van der Waals surface area contributed by atoms with Crippen LogP contribution in [0.2, 0.25) is 0 Å². The smallest absolute Gasteiger partial charge is 0.323 e. The van der Waals surface area contributed by atoms with E-state index in [0.29, 0.717) is 16.9 Å². The highest BCUT2D eigenvalue weighted by atomic mass is 16.1. The number of anilines is 1. The summed E-state index contributed by atoms with van der Waals surface area (Å²) in [5, 5.41) is 0. The van der Waals surface area contributed by atoms with E-state index in [0.717, 1.165) is 0 Å². The summed E-state index contributed by atoms with van der Waals surface area (Å²) in [5.74, 6) is 0.334. The van der Waals surface area contributed by atoms with Gasteiger partial charge in [0.1, 0.15) is 11.3 Å². The van der Waals surface area contributed by atoms with E-state index in [1.807, 2.05) is 0 Å². The first-order chi connectivity index (χ1) is 5.27. The number of hydrogen-bond donors (Lipinski definition) is 3. The van der Waals surface area contributed by atoms with Gasteiger partial charge in [-0.15, -0.1) is 0 Å². The summed E-state index contributed by atoms with van der Waals surface area (Å²) < 4.78 is 0. The Morgan fingerprint density at radius 2 is 2.27 bits per heavy atom. The van der Waals surface area contributed by atoms with Gasteiger partial charge in [0.05, 0.1) is 5.52 Å². The van der Waals surface area contributed by atoms with Crippen LogP contribution in [0.3, 0.4) is 0 Å². The van der Waals surface area contributed by atoms with E-state index in [1.54, 1.807) is 12.3 Å². The minimum absolute atomic E-state index is 0.264. The molecule has 0 unspecified atom stereocenters. The second-order valence-electron chi connectivity index (χ2n) is 2.20. The molecule has 0 aliphatic rings. The Balaban J connectivity index is 3.01. The van der Waals surface area contributed by atoms with Gasteiger partial charge in [-0.2, -0.15) is 0 Å². The topological polar surface area (TPSA) is 87.6 Å². The van der Waals surface area contributed by atoms with Crippen molar-refractivity contribution in [1.82, 2.24) is 15.0 Å². The third kappa shape index (κ3) is 0.778. The molecule has 0 saturated carbocycles. The number of imidazole rings is 1. The highest BCUT2D eigenvalue weighted by Gasteiger charge is 1.99. The molecule has 2 aromatic heterocycles. The number of fused-ring (bicyclic) bond motifs is 1. The zero-order valence-electron chi connectivity index (χ0n) is 5.59. The van der Waals surface area contributed by atoms with Crippen LogP contribution in [0.15, 0.2) is 17.1 Å². The molecule has 2 aromatic rings. The molecule has 0 atom stereocenters. The molecule has 2 rings (SSSR count). The number of nitrogens with zero attached hydrogens (tertiary/aromatic N) is 1. The summed E-state index contributed by atoms with van der Waals surface area (Å²) in [4.78, 5) is 19.7. The molecule has 0 saturated heterocycles. The van der Waals surface area contributed by atoms with Gasteiger partial charge in [0.15, 0.2) is 0 Å². The SMILES string of the molecule is Nc1nccc2[nH]c(=O)[nH]c12. The second-order valence-corrected chi connectivity index (χ2v) is 2.20. The molecule has 0 spiro atoms. The maximum atomic E-state index is 10.7. The summed E-state index contributed by atoms with van der Waals surface area (Å²) in [6, 6.07) is 1.68. The molecule has 11 heavy (non-hydrogen) atoms. The van der Waals surface area contributed by atoms with Crippen LogP contribution in [0.1, 0.15) is 0 Å². The number of aromatic amines is 2. The third-order valence-corrected chi connectivity index (χ3v) is 1.47. The van der Waals surface area contributed by atoms with Crippen LogP contribution in [0.4, 0.5) is 5.82 Å². The molecule has 5 heteroatoms. The molecule has 0 fully saturated rings. The fourth-order valence-electron chi connectivity index (χ4n) is 0.981. The number of nitrogen functional groups attached to an aromatic ring is 1. The van der Waals surface area contributed by atoms with Crippen LogP contribution >= 0.6 is 0 Å². The van der Waals surface area contributed by atoms with Gasteiger partial charge >= 0.3 is 5.69 Å². The maximum Gasteiger partial charge on any atom is 0.323 e. The van der Waals surface area contributed by atoms with Crippen LogP contribution < -0.4 is 11.4 Å². The lowest BCUT2D eigenvalue weighted by Crippen LogP contribution is -1.99. The van der Waals surface area contributed by atoms with Crippen molar-refractivity contribution in [2.24, 2.45) is 0 Å². The Kier molecular flexibility index (Phi) is 1.00. The van der Waals surface area contributed by atoms with E-state index in [1.165, 1.54) is 0 Å². The van der Waals surface area contributed by atoms with Gasteiger partial charge in [-0.25, -0.2) is 9.78 Å². The number of nitrogens with two attached hydrogens (primary N) is 1. The molecule has 5 nitrogen and oxygen atoms in total. The van der Waals surface area contributed by atoms with Crippen molar-refractivity contribution in [3.05, 3.63) is 22.7 Å². The second kappa shape index (κ2) is 1.85. The predicted octanol–water partition coefficient (Wildman–Crippen LogP) is -0.167. The third-order valence-electron chi connectivity index (χ3n) is 1.47. The molecule has 0 amide bonds. The molecule has 0 bridgehead atoms. The number of aromatic nitrogens is 3. The van der Waals surface area contributed by atoms with Crippen molar-refractivity contribution in [2.75, 3.05) is 5.73 Å². The Labute approximate surface area is 61.3 Å². The molecule has 0 aliphatic heterocycles. The zero-order valence-corrected chi connectivity index (χ0v) is 5.59. The number of nitrogens with one attached hydrogen (secondary N) is 2. The van der Waals surface area contributed by atoms with Gasteiger partial charge in [-0.3, -0.25) is 0 Å². The van der Waals surface area contributed by atoms with Crippen molar-refractivity contribution in [3.8, 4) is 0 Å². The van der Waals surface area contributed by atoms with Gasteiger partial charge in [-0.1, -0.05) is 0 Å². The molecule has 0 aromatic carbocycles. The lowest BCUT2D eigenvalue weighted by Gasteiger charge is -1.90. The monoisotopic (exact) mass is 150 g/mol. The molecule has 4 N–H and O–H groups in total. The highest BCUT2D eigenvalue weighted by Crippen LogP contribution is 2.10. The fourth-order valence-corrected chi connectivity index (χ4v) is 0.981. The maximum absolute atomic E-state index is 10.7. The first-order valence-electron chi connectivity index (χ1n) is 3.10. The molecule has 2 heterocycles.